The Bertz CT molecular complexity index is 1180. The molecule has 1 unspecified atom stereocenters. The molecule has 0 aliphatic heterocycles. The molecule has 0 fully saturated rings. The van der Waals surface area contributed by atoms with Crippen molar-refractivity contribution in [3.05, 3.63) is 65.4 Å². The average molecular weight is 503 g/mol. The highest BCUT2D eigenvalue weighted by molar-refractivity contribution is 6.74. The quantitative estimate of drug-likeness (QED) is 0.331. The molecule has 0 radical (unpaired) electrons. The number of nitrogens with zero attached hydrogens (tertiary/aromatic N) is 2. The lowest BCUT2D eigenvalue weighted by Crippen LogP contribution is -2.45. The minimum atomic E-state index is -4.37. The molecule has 0 amide bonds. The van der Waals surface area contributed by atoms with Gasteiger partial charge in [0.15, 0.2) is 14.1 Å². The zero-order valence-corrected chi connectivity index (χ0v) is 22.2. The Morgan fingerprint density at radius 1 is 1.06 bits per heavy atom. The maximum Gasteiger partial charge on any atom is 0.416 e. The number of aromatic nitrogens is 1. The second-order valence-corrected chi connectivity index (χ2v) is 15.6. The second-order valence-electron chi connectivity index (χ2n) is 10.8. The van der Waals surface area contributed by atoms with Crippen LogP contribution in [0.2, 0.25) is 18.1 Å². The van der Waals surface area contributed by atoms with Crippen LogP contribution in [0.3, 0.4) is 0 Å². The number of anilines is 2. The van der Waals surface area contributed by atoms with E-state index < -0.39 is 20.1 Å². The summed E-state index contributed by atoms with van der Waals surface area (Å²) in [6.07, 6.45) is 0.138. The van der Waals surface area contributed by atoms with Gasteiger partial charge in [0.1, 0.15) is 0 Å². The molecule has 0 N–H and O–H groups in total. The van der Waals surface area contributed by atoms with E-state index in [1.807, 2.05) is 18.0 Å². The number of halogens is 3. The van der Waals surface area contributed by atoms with Crippen LogP contribution in [0.25, 0.3) is 11.3 Å². The normalized spacial score (nSPS) is 16.8. The number of hydrogen-bond donors (Lipinski definition) is 0. The highest BCUT2D eigenvalue weighted by Gasteiger charge is 2.40. The molecule has 0 saturated heterocycles. The van der Waals surface area contributed by atoms with E-state index in [1.165, 1.54) is 23.3 Å². The molecule has 4 nitrogen and oxygen atoms in total. The lowest BCUT2D eigenvalue weighted by molar-refractivity contribution is -0.137. The zero-order valence-electron chi connectivity index (χ0n) is 21.2. The molecule has 1 aliphatic carbocycles. The molecule has 188 valence electrons. The minimum absolute atomic E-state index is 0.149. The largest absolute Gasteiger partial charge is 0.423 e. The van der Waals surface area contributed by atoms with Gasteiger partial charge in [0.2, 0.25) is 0 Å². The average Bonchev–Trinajstić information content (AvgIpc) is 3.27. The van der Waals surface area contributed by atoms with Crippen LogP contribution < -0.4 is 4.90 Å². The fourth-order valence-corrected chi connectivity index (χ4v) is 5.61. The van der Waals surface area contributed by atoms with Gasteiger partial charge in [-0.05, 0) is 66.7 Å². The van der Waals surface area contributed by atoms with Gasteiger partial charge in [0, 0.05) is 24.4 Å². The molecule has 3 aromatic rings. The molecule has 1 aliphatic rings. The van der Waals surface area contributed by atoms with E-state index in [0.717, 1.165) is 37.1 Å². The highest BCUT2D eigenvalue weighted by atomic mass is 28.4. The number of benzene rings is 2. The molecule has 4 rings (SSSR count). The number of rotatable bonds is 5. The lowest BCUT2D eigenvalue weighted by atomic mass is 9.88. The molecule has 0 spiro atoms. The summed E-state index contributed by atoms with van der Waals surface area (Å²) in [5, 5.41) is 0.149. The van der Waals surface area contributed by atoms with Crippen LogP contribution in [0.15, 0.2) is 53.1 Å². The molecule has 8 heteroatoms. The summed E-state index contributed by atoms with van der Waals surface area (Å²) in [6, 6.07) is 11.6. The van der Waals surface area contributed by atoms with Crippen molar-refractivity contribution in [2.45, 2.75) is 70.4 Å². The topological polar surface area (TPSA) is 38.5 Å². The molecule has 0 saturated carbocycles. The third-order valence-electron chi connectivity index (χ3n) is 7.32. The van der Waals surface area contributed by atoms with Crippen molar-refractivity contribution in [1.82, 2.24) is 4.98 Å². The minimum Gasteiger partial charge on any atom is -0.423 e. The fraction of sp³-hybridized carbons (Fsp3) is 0.444. The maximum atomic E-state index is 12.9. The van der Waals surface area contributed by atoms with Crippen LogP contribution in [0.4, 0.5) is 24.9 Å². The van der Waals surface area contributed by atoms with E-state index in [1.54, 1.807) is 6.20 Å². The predicted molar refractivity (Wildman–Crippen MR) is 136 cm³/mol. The molecule has 1 aromatic heterocycles. The maximum absolute atomic E-state index is 12.9. The summed E-state index contributed by atoms with van der Waals surface area (Å²) >= 11 is 0. The molecular formula is C27H33F3N2O2Si. The van der Waals surface area contributed by atoms with Gasteiger partial charge in [-0.15, -0.1) is 0 Å². The summed E-state index contributed by atoms with van der Waals surface area (Å²) in [7, 11) is 0.0120. The number of aryl methyl sites for hydroxylation is 1. The first-order valence-corrected chi connectivity index (χ1v) is 14.8. The Morgan fingerprint density at radius 3 is 2.37 bits per heavy atom. The Kier molecular flexibility index (Phi) is 6.66. The summed E-state index contributed by atoms with van der Waals surface area (Å²) in [5.41, 5.74) is 3.40. The standard InChI is InChI=1S/C27H33F3N2O2Si/c1-26(2,3)35(5,6)34-21-15-12-18-8-7-9-23(22(18)16-21)32(4)25-31-17-24(33-25)19-10-13-20(14-11-19)27(28,29)30/h7-11,13-14,17,21H,12,15-16H2,1-6H3. The molecule has 1 atom stereocenters. The van der Waals surface area contributed by atoms with Gasteiger partial charge in [0.25, 0.3) is 0 Å². The Balaban J connectivity index is 1.56. The van der Waals surface area contributed by atoms with Crippen molar-refractivity contribution in [2.75, 3.05) is 11.9 Å². The van der Waals surface area contributed by atoms with Gasteiger partial charge < -0.3 is 8.84 Å². The molecule has 1 heterocycles. The highest BCUT2D eigenvalue weighted by Crippen LogP contribution is 2.41. The Morgan fingerprint density at radius 2 is 1.74 bits per heavy atom. The van der Waals surface area contributed by atoms with Gasteiger partial charge in [-0.1, -0.05) is 45.0 Å². The molecule has 0 bridgehead atoms. The fourth-order valence-electron chi connectivity index (χ4n) is 4.23. The third kappa shape index (κ3) is 5.33. The van der Waals surface area contributed by atoms with Gasteiger partial charge in [-0.3, -0.25) is 4.90 Å². The number of hydrogen-bond acceptors (Lipinski definition) is 4. The van der Waals surface area contributed by atoms with E-state index in [4.69, 9.17) is 8.84 Å². The van der Waals surface area contributed by atoms with Crippen molar-refractivity contribution in [3.63, 3.8) is 0 Å². The van der Waals surface area contributed by atoms with Crippen molar-refractivity contribution < 1.29 is 22.0 Å². The Hall–Kier alpha value is -2.58. The monoisotopic (exact) mass is 502 g/mol. The van der Waals surface area contributed by atoms with Gasteiger partial charge >= 0.3 is 12.2 Å². The van der Waals surface area contributed by atoms with Crippen molar-refractivity contribution in [2.24, 2.45) is 0 Å². The van der Waals surface area contributed by atoms with Crippen LogP contribution in [0, 0.1) is 0 Å². The molecular weight excluding hydrogens is 469 g/mol. The first-order chi connectivity index (χ1) is 16.3. The van der Waals surface area contributed by atoms with E-state index in [2.05, 4.69) is 51.0 Å². The first-order valence-electron chi connectivity index (χ1n) is 11.9. The van der Waals surface area contributed by atoms with Crippen molar-refractivity contribution in [1.29, 1.82) is 0 Å². The number of fused-ring (bicyclic) bond motifs is 1. The zero-order chi connectivity index (χ0) is 25.6. The van der Waals surface area contributed by atoms with Crippen LogP contribution in [0.5, 0.6) is 0 Å². The SMILES string of the molecule is CN(c1ncc(-c2ccc(C(F)(F)F)cc2)o1)c1cccc2c1CC(O[Si](C)(C)C(C)(C)C)CC2. The molecule has 2 aromatic carbocycles. The van der Waals surface area contributed by atoms with Gasteiger partial charge in [-0.25, -0.2) is 4.98 Å². The van der Waals surface area contributed by atoms with Crippen molar-refractivity contribution >= 4 is 20.0 Å². The van der Waals surface area contributed by atoms with E-state index in [-0.39, 0.29) is 11.1 Å². The van der Waals surface area contributed by atoms with E-state index >= 15 is 0 Å². The first kappa shape index (κ1) is 25.5. The van der Waals surface area contributed by atoms with Crippen LogP contribution >= 0.6 is 0 Å². The van der Waals surface area contributed by atoms with Gasteiger partial charge in [-0.2, -0.15) is 13.2 Å². The number of oxazole rings is 1. The van der Waals surface area contributed by atoms with E-state index in [9.17, 15) is 13.2 Å². The summed E-state index contributed by atoms with van der Waals surface area (Å²) in [4.78, 5) is 6.32. The van der Waals surface area contributed by atoms with Crippen molar-refractivity contribution in [3.8, 4) is 11.3 Å². The molecule has 35 heavy (non-hydrogen) atoms. The summed E-state index contributed by atoms with van der Waals surface area (Å²) in [6.45, 7) is 11.3. The van der Waals surface area contributed by atoms with E-state index in [0.29, 0.717) is 17.3 Å². The second kappa shape index (κ2) is 9.13. The lowest BCUT2D eigenvalue weighted by Gasteiger charge is -2.41. The predicted octanol–water partition coefficient (Wildman–Crippen LogP) is 8.01. The van der Waals surface area contributed by atoms with Crippen LogP contribution in [-0.2, 0) is 23.4 Å². The van der Waals surface area contributed by atoms with Crippen LogP contribution in [-0.4, -0.2) is 26.5 Å². The van der Waals surface area contributed by atoms with Gasteiger partial charge in [0.05, 0.1) is 11.8 Å². The Labute approximate surface area is 206 Å². The smallest absolute Gasteiger partial charge is 0.416 e. The summed E-state index contributed by atoms with van der Waals surface area (Å²) < 4.78 is 51.4. The third-order valence-corrected chi connectivity index (χ3v) is 11.9. The van der Waals surface area contributed by atoms with Crippen LogP contribution in [0.1, 0.15) is 43.9 Å². The number of alkyl halides is 3. The summed E-state index contributed by atoms with van der Waals surface area (Å²) in [5.74, 6) is 0.421.